The molecule has 0 spiro atoms. The molecule has 1 aromatic carbocycles. The molecule has 0 radical (unpaired) electrons. The minimum atomic E-state index is -0.191. The topological polar surface area (TPSA) is 61.5 Å². The second-order valence-electron chi connectivity index (χ2n) is 3.17. The summed E-state index contributed by atoms with van der Waals surface area (Å²) < 4.78 is 10.3. The maximum atomic E-state index is 11.6. The van der Waals surface area contributed by atoms with Gasteiger partial charge in [-0.05, 0) is 24.6 Å². The Morgan fingerprint density at radius 3 is 2.07 bits per heavy atom. The molecule has 0 saturated heterocycles. The maximum absolute atomic E-state index is 11.6. The van der Waals surface area contributed by atoms with Gasteiger partial charge in [0.1, 0.15) is 17.1 Å². The van der Waals surface area contributed by atoms with Gasteiger partial charge < -0.3 is 15.2 Å². The highest BCUT2D eigenvalue weighted by molar-refractivity contribution is 6.02. The Bertz CT molecular complexity index is 349. The second kappa shape index (κ2) is 4.79. The molecule has 4 heteroatoms. The molecule has 0 atom stereocenters. The van der Waals surface area contributed by atoms with Crippen molar-refractivity contribution in [2.75, 3.05) is 20.8 Å². The molecule has 0 aromatic heterocycles. The van der Waals surface area contributed by atoms with Gasteiger partial charge in [-0.15, -0.1) is 0 Å². The first-order chi connectivity index (χ1) is 7.13. The first-order valence-electron chi connectivity index (χ1n) is 4.60. The van der Waals surface area contributed by atoms with Crippen LogP contribution in [-0.2, 0) is 0 Å². The van der Waals surface area contributed by atoms with E-state index in [1.807, 2.05) is 6.92 Å². The Morgan fingerprint density at radius 1 is 1.27 bits per heavy atom. The number of carbonyl (C=O) groups is 1. The second-order valence-corrected chi connectivity index (χ2v) is 3.17. The average molecular weight is 209 g/mol. The van der Waals surface area contributed by atoms with Crippen molar-refractivity contribution in [1.82, 2.24) is 0 Å². The fraction of sp³-hybridized carbons (Fsp3) is 0.364. The third-order valence-corrected chi connectivity index (χ3v) is 2.11. The lowest BCUT2D eigenvalue weighted by Gasteiger charge is -2.12. The summed E-state index contributed by atoms with van der Waals surface area (Å²) in [6.45, 7) is 1.84. The van der Waals surface area contributed by atoms with Crippen molar-refractivity contribution in [3.63, 3.8) is 0 Å². The van der Waals surface area contributed by atoms with E-state index in [4.69, 9.17) is 15.2 Å². The van der Waals surface area contributed by atoms with E-state index < -0.39 is 0 Å². The fourth-order valence-corrected chi connectivity index (χ4v) is 1.42. The molecule has 15 heavy (non-hydrogen) atoms. The number of nitrogens with two attached hydrogens (primary N) is 1. The highest BCUT2D eigenvalue weighted by atomic mass is 16.5. The molecule has 82 valence electrons. The largest absolute Gasteiger partial charge is 0.496 e. The summed E-state index contributed by atoms with van der Waals surface area (Å²) in [5.41, 5.74) is 6.71. The van der Waals surface area contributed by atoms with Crippen molar-refractivity contribution < 1.29 is 14.3 Å². The van der Waals surface area contributed by atoms with Crippen LogP contribution in [0.5, 0.6) is 11.5 Å². The van der Waals surface area contributed by atoms with Crippen LogP contribution in [0.3, 0.4) is 0 Å². The van der Waals surface area contributed by atoms with Gasteiger partial charge in [0, 0.05) is 0 Å². The monoisotopic (exact) mass is 209 g/mol. The van der Waals surface area contributed by atoms with E-state index in [2.05, 4.69) is 0 Å². The van der Waals surface area contributed by atoms with Crippen LogP contribution < -0.4 is 15.2 Å². The van der Waals surface area contributed by atoms with Crippen LogP contribution >= 0.6 is 0 Å². The van der Waals surface area contributed by atoms with Crippen LogP contribution in [0.2, 0.25) is 0 Å². The predicted molar refractivity (Wildman–Crippen MR) is 57.7 cm³/mol. The van der Waals surface area contributed by atoms with Gasteiger partial charge >= 0.3 is 0 Å². The van der Waals surface area contributed by atoms with Crippen molar-refractivity contribution in [3.8, 4) is 11.5 Å². The van der Waals surface area contributed by atoms with Crippen LogP contribution in [0.15, 0.2) is 12.1 Å². The Morgan fingerprint density at radius 2 is 1.73 bits per heavy atom. The summed E-state index contributed by atoms with van der Waals surface area (Å²) >= 11 is 0. The van der Waals surface area contributed by atoms with Crippen LogP contribution in [0.4, 0.5) is 0 Å². The molecule has 1 rings (SSSR count). The van der Waals surface area contributed by atoms with Gasteiger partial charge in [-0.3, -0.25) is 4.79 Å². The van der Waals surface area contributed by atoms with E-state index in [1.165, 1.54) is 14.2 Å². The van der Waals surface area contributed by atoms with Crippen LogP contribution in [0, 0.1) is 6.92 Å². The fourth-order valence-electron chi connectivity index (χ4n) is 1.42. The number of ketones is 1. The first kappa shape index (κ1) is 11.5. The van der Waals surface area contributed by atoms with Crippen LogP contribution in [-0.4, -0.2) is 26.5 Å². The molecule has 0 saturated carbocycles. The molecular weight excluding hydrogens is 194 g/mol. The van der Waals surface area contributed by atoms with Gasteiger partial charge in [0.05, 0.1) is 20.8 Å². The Balaban J connectivity index is 3.36. The van der Waals surface area contributed by atoms with Gasteiger partial charge in [-0.2, -0.15) is 0 Å². The summed E-state index contributed by atoms with van der Waals surface area (Å²) in [5, 5.41) is 0. The number of ether oxygens (including phenoxy) is 2. The van der Waals surface area contributed by atoms with Crippen molar-refractivity contribution in [2.24, 2.45) is 5.73 Å². The van der Waals surface area contributed by atoms with E-state index in [-0.39, 0.29) is 12.3 Å². The number of carbonyl (C=O) groups excluding carboxylic acids is 1. The number of hydrogen-bond acceptors (Lipinski definition) is 4. The molecule has 0 aliphatic heterocycles. The average Bonchev–Trinajstić information content (AvgIpc) is 2.26. The van der Waals surface area contributed by atoms with Crippen LogP contribution in [0.25, 0.3) is 0 Å². The SMILES string of the molecule is COc1cc(C)cc(OC)c1C(=O)CN. The Hall–Kier alpha value is -1.55. The lowest BCUT2D eigenvalue weighted by atomic mass is 10.1. The first-order valence-corrected chi connectivity index (χ1v) is 4.60. The van der Waals surface area contributed by atoms with Gasteiger partial charge in [0.15, 0.2) is 5.78 Å². The zero-order valence-electron chi connectivity index (χ0n) is 9.16. The zero-order chi connectivity index (χ0) is 11.4. The third-order valence-electron chi connectivity index (χ3n) is 2.11. The molecule has 0 aliphatic rings. The molecule has 0 fully saturated rings. The van der Waals surface area contributed by atoms with E-state index >= 15 is 0 Å². The predicted octanol–water partition coefficient (Wildman–Crippen LogP) is 1.15. The molecule has 0 aliphatic carbocycles. The summed E-state index contributed by atoms with van der Waals surface area (Å²) in [7, 11) is 3.03. The molecule has 0 unspecified atom stereocenters. The number of hydrogen-bond donors (Lipinski definition) is 1. The van der Waals surface area contributed by atoms with Gasteiger partial charge in [0.2, 0.25) is 0 Å². The molecule has 1 aromatic rings. The highest BCUT2D eigenvalue weighted by Crippen LogP contribution is 2.30. The van der Waals surface area contributed by atoms with E-state index in [9.17, 15) is 4.79 Å². The van der Waals surface area contributed by atoms with Crippen molar-refractivity contribution in [2.45, 2.75) is 6.92 Å². The van der Waals surface area contributed by atoms with Crippen molar-refractivity contribution in [1.29, 1.82) is 0 Å². The summed E-state index contributed by atoms with van der Waals surface area (Å²) in [5.74, 6) is 0.813. The molecule has 4 nitrogen and oxygen atoms in total. The number of methoxy groups -OCH3 is 2. The van der Waals surface area contributed by atoms with E-state index in [0.29, 0.717) is 17.1 Å². The lowest BCUT2D eigenvalue weighted by molar-refractivity contribution is 0.0995. The number of aryl methyl sites for hydroxylation is 1. The van der Waals surface area contributed by atoms with Gasteiger partial charge in [0.25, 0.3) is 0 Å². The van der Waals surface area contributed by atoms with E-state index in [1.54, 1.807) is 12.1 Å². The third kappa shape index (κ3) is 2.27. The normalized spacial score (nSPS) is 9.87. The molecule has 0 amide bonds. The number of rotatable bonds is 4. The van der Waals surface area contributed by atoms with Gasteiger partial charge in [-0.25, -0.2) is 0 Å². The van der Waals surface area contributed by atoms with Gasteiger partial charge in [-0.1, -0.05) is 0 Å². The smallest absolute Gasteiger partial charge is 0.183 e. The van der Waals surface area contributed by atoms with Crippen molar-refractivity contribution >= 4 is 5.78 Å². The molecular formula is C11H15NO3. The van der Waals surface area contributed by atoms with Crippen molar-refractivity contribution in [3.05, 3.63) is 23.3 Å². The summed E-state index contributed by atoms with van der Waals surface area (Å²) in [6, 6.07) is 3.57. The maximum Gasteiger partial charge on any atom is 0.183 e. The standard InChI is InChI=1S/C11H15NO3/c1-7-4-9(14-2)11(8(13)6-12)10(5-7)15-3/h4-5H,6,12H2,1-3H3. The number of benzene rings is 1. The molecule has 2 N–H and O–H groups in total. The minimum Gasteiger partial charge on any atom is -0.496 e. The van der Waals surface area contributed by atoms with E-state index in [0.717, 1.165) is 5.56 Å². The minimum absolute atomic E-state index is 0.0597. The lowest BCUT2D eigenvalue weighted by Crippen LogP contribution is -2.15. The zero-order valence-corrected chi connectivity index (χ0v) is 9.16. The number of Topliss-reactive ketones (excluding diaryl/α,β-unsaturated/α-hetero) is 1. The quantitative estimate of drug-likeness (QED) is 0.756. The highest BCUT2D eigenvalue weighted by Gasteiger charge is 2.17. The summed E-state index contributed by atoms with van der Waals surface area (Å²) in [6.07, 6.45) is 0. The summed E-state index contributed by atoms with van der Waals surface area (Å²) in [4.78, 5) is 11.6. The molecule has 0 bridgehead atoms. The Kier molecular flexibility index (Phi) is 3.68. The Labute approximate surface area is 89.0 Å². The van der Waals surface area contributed by atoms with Crippen LogP contribution in [0.1, 0.15) is 15.9 Å². The molecule has 0 heterocycles.